The highest BCUT2D eigenvalue weighted by Crippen LogP contribution is 2.25. The first-order valence-electron chi connectivity index (χ1n) is 8.79. The van der Waals surface area contributed by atoms with Crippen LogP contribution in [-0.4, -0.2) is 33.4 Å². The zero-order valence-corrected chi connectivity index (χ0v) is 15.8. The van der Waals surface area contributed by atoms with Crippen LogP contribution in [0, 0.1) is 5.92 Å². The lowest BCUT2D eigenvalue weighted by Crippen LogP contribution is -2.27. The lowest BCUT2D eigenvalue weighted by molar-refractivity contribution is 0.0933. The quantitative estimate of drug-likeness (QED) is 0.663. The Hall–Kier alpha value is -3.16. The molecule has 27 heavy (non-hydrogen) atoms. The summed E-state index contributed by atoms with van der Waals surface area (Å²) < 4.78 is 10.5. The smallest absolute Gasteiger partial charge is 0.255 e. The molecule has 2 heterocycles. The van der Waals surface area contributed by atoms with E-state index in [0.717, 1.165) is 12.0 Å². The second kappa shape index (κ2) is 8.03. The molecular weight excluding hydrogens is 346 g/mol. The van der Waals surface area contributed by atoms with E-state index in [9.17, 15) is 4.79 Å². The molecule has 1 aromatic carbocycles. The summed E-state index contributed by atoms with van der Waals surface area (Å²) >= 11 is 0. The van der Waals surface area contributed by atoms with Crippen LogP contribution >= 0.6 is 0 Å². The minimum absolute atomic E-state index is 0.280. The van der Waals surface area contributed by atoms with Gasteiger partial charge in [-0.3, -0.25) is 9.89 Å². The molecule has 3 rings (SSSR count). The van der Waals surface area contributed by atoms with E-state index >= 15 is 0 Å². The van der Waals surface area contributed by atoms with Crippen LogP contribution in [0.1, 0.15) is 48.9 Å². The van der Waals surface area contributed by atoms with Crippen molar-refractivity contribution in [2.45, 2.75) is 33.2 Å². The number of hydrogen-bond acceptors (Lipinski definition) is 6. The molecule has 3 aromatic rings. The summed E-state index contributed by atoms with van der Waals surface area (Å²) in [6.45, 7) is 5.97. The fraction of sp³-hybridized carbons (Fsp3) is 0.368. The van der Waals surface area contributed by atoms with E-state index in [4.69, 9.17) is 9.26 Å². The highest BCUT2D eigenvalue weighted by molar-refractivity contribution is 5.99. The number of ether oxygens (including phenoxy) is 1. The number of amides is 1. The van der Waals surface area contributed by atoms with Crippen molar-refractivity contribution in [3.05, 3.63) is 47.7 Å². The van der Waals surface area contributed by atoms with Crippen LogP contribution < -0.4 is 10.1 Å². The largest absolute Gasteiger partial charge is 0.497 e. The monoisotopic (exact) mass is 369 g/mol. The van der Waals surface area contributed by atoms with Crippen LogP contribution in [0.15, 0.2) is 35.0 Å². The van der Waals surface area contributed by atoms with Gasteiger partial charge < -0.3 is 14.6 Å². The first-order valence-corrected chi connectivity index (χ1v) is 8.79. The maximum absolute atomic E-state index is 12.7. The van der Waals surface area contributed by atoms with Gasteiger partial charge >= 0.3 is 0 Å². The van der Waals surface area contributed by atoms with Gasteiger partial charge in [0, 0.05) is 12.0 Å². The zero-order chi connectivity index (χ0) is 19.4. The fourth-order valence-electron chi connectivity index (χ4n) is 2.68. The average Bonchev–Trinajstić information content (AvgIpc) is 3.30. The predicted octanol–water partition coefficient (Wildman–Crippen LogP) is 3.16. The number of aromatic nitrogens is 4. The Morgan fingerprint density at radius 3 is 2.89 bits per heavy atom. The van der Waals surface area contributed by atoms with Crippen molar-refractivity contribution < 1.29 is 14.1 Å². The van der Waals surface area contributed by atoms with E-state index in [1.165, 1.54) is 6.20 Å². The Labute approximate surface area is 157 Å². The molecule has 0 aliphatic heterocycles. The Bertz CT molecular complexity index is 915. The number of carbonyl (C=O) groups excluding carboxylic acids is 1. The van der Waals surface area contributed by atoms with Gasteiger partial charge in [0.1, 0.15) is 11.8 Å². The lowest BCUT2D eigenvalue weighted by Gasteiger charge is -2.10. The predicted molar refractivity (Wildman–Crippen MR) is 99.3 cm³/mol. The third-order valence-corrected chi connectivity index (χ3v) is 4.04. The molecular formula is C19H23N5O3. The van der Waals surface area contributed by atoms with Crippen LogP contribution in [0.5, 0.6) is 5.75 Å². The number of benzene rings is 1. The molecule has 0 bridgehead atoms. The number of methoxy groups -OCH3 is 1. The SMILES string of the molecule is COc1cccc(-c2[nH]ncc2C(=O)N[C@@H](C)c2nc(CC(C)C)no2)c1. The van der Waals surface area contributed by atoms with Gasteiger partial charge in [-0.05, 0) is 25.0 Å². The minimum Gasteiger partial charge on any atom is -0.497 e. The second-order valence-corrected chi connectivity index (χ2v) is 6.73. The van der Waals surface area contributed by atoms with Gasteiger partial charge in [-0.15, -0.1) is 0 Å². The Balaban J connectivity index is 1.75. The summed E-state index contributed by atoms with van der Waals surface area (Å²) in [5.74, 6) is 1.87. The van der Waals surface area contributed by atoms with E-state index in [1.807, 2.05) is 24.3 Å². The highest BCUT2D eigenvalue weighted by Gasteiger charge is 2.21. The van der Waals surface area contributed by atoms with E-state index in [2.05, 4.69) is 39.5 Å². The molecule has 0 saturated carbocycles. The molecule has 0 aliphatic carbocycles. The van der Waals surface area contributed by atoms with Crippen molar-refractivity contribution in [1.82, 2.24) is 25.7 Å². The molecule has 8 nitrogen and oxygen atoms in total. The van der Waals surface area contributed by atoms with Crippen molar-refractivity contribution >= 4 is 5.91 Å². The molecule has 1 amide bonds. The number of nitrogens with one attached hydrogen (secondary N) is 2. The van der Waals surface area contributed by atoms with Crippen molar-refractivity contribution in [1.29, 1.82) is 0 Å². The first kappa shape index (κ1) is 18.6. The third kappa shape index (κ3) is 4.33. The number of rotatable bonds is 7. The molecule has 8 heteroatoms. The Morgan fingerprint density at radius 2 is 2.15 bits per heavy atom. The summed E-state index contributed by atoms with van der Waals surface area (Å²) in [6.07, 6.45) is 2.22. The Kier molecular flexibility index (Phi) is 5.54. The highest BCUT2D eigenvalue weighted by atomic mass is 16.5. The number of H-pyrrole nitrogens is 1. The van der Waals surface area contributed by atoms with Gasteiger partial charge in [-0.1, -0.05) is 31.1 Å². The van der Waals surface area contributed by atoms with Crippen LogP contribution in [0.2, 0.25) is 0 Å². The van der Waals surface area contributed by atoms with Crippen LogP contribution in [0.25, 0.3) is 11.3 Å². The van der Waals surface area contributed by atoms with Gasteiger partial charge in [-0.2, -0.15) is 10.1 Å². The van der Waals surface area contributed by atoms with E-state index in [1.54, 1.807) is 14.0 Å². The second-order valence-electron chi connectivity index (χ2n) is 6.73. The summed E-state index contributed by atoms with van der Waals surface area (Å²) in [5.41, 5.74) is 1.85. The minimum atomic E-state index is -0.418. The van der Waals surface area contributed by atoms with Crippen LogP contribution in [0.3, 0.4) is 0 Å². The molecule has 1 atom stereocenters. The summed E-state index contributed by atoms with van der Waals surface area (Å²) in [5, 5.41) is 13.7. The molecule has 0 saturated heterocycles. The third-order valence-electron chi connectivity index (χ3n) is 4.04. The number of nitrogens with zero attached hydrogens (tertiary/aromatic N) is 3. The molecule has 0 aliphatic rings. The summed E-state index contributed by atoms with van der Waals surface area (Å²) in [4.78, 5) is 17.1. The van der Waals surface area contributed by atoms with E-state index < -0.39 is 6.04 Å². The molecule has 0 radical (unpaired) electrons. The van der Waals surface area contributed by atoms with Gasteiger partial charge in [0.25, 0.3) is 5.91 Å². The first-order chi connectivity index (χ1) is 13.0. The van der Waals surface area contributed by atoms with Crippen LogP contribution in [0.4, 0.5) is 0 Å². The average molecular weight is 369 g/mol. The lowest BCUT2D eigenvalue weighted by atomic mass is 10.1. The number of hydrogen-bond donors (Lipinski definition) is 2. The van der Waals surface area contributed by atoms with Gasteiger partial charge in [0.05, 0.1) is 24.6 Å². The topological polar surface area (TPSA) is 106 Å². The maximum atomic E-state index is 12.7. The van der Waals surface area contributed by atoms with Crippen LogP contribution in [-0.2, 0) is 6.42 Å². The fourth-order valence-corrected chi connectivity index (χ4v) is 2.68. The molecule has 142 valence electrons. The standard InChI is InChI=1S/C19H23N5O3/c1-11(2)8-16-22-19(27-24-16)12(3)21-18(25)15-10-20-23-17(15)13-6-5-7-14(9-13)26-4/h5-7,9-12H,8H2,1-4H3,(H,20,23)(H,21,25)/t12-/m0/s1. The number of aromatic amines is 1. The van der Waals surface area contributed by atoms with Gasteiger partial charge in [-0.25, -0.2) is 0 Å². The van der Waals surface area contributed by atoms with E-state index in [-0.39, 0.29) is 5.91 Å². The van der Waals surface area contributed by atoms with Gasteiger partial charge in [0.2, 0.25) is 5.89 Å². The van der Waals surface area contributed by atoms with E-state index in [0.29, 0.717) is 34.6 Å². The zero-order valence-electron chi connectivity index (χ0n) is 15.8. The van der Waals surface area contributed by atoms with Crippen molar-refractivity contribution in [2.24, 2.45) is 5.92 Å². The molecule has 0 fully saturated rings. The van der Waals surface area contributed by atoms with Crippen molar-refractivity contribution in [3.8, 4) is 17.0 Å². The maximum Gasteiger partial charge on any atom is 0.255 e. The molecule has 2 aromatic heterocycles. The molecule has 0 unspecified atom stereocenters. The normalized spacial score (nSPS) is 12.2. The van der Waals surface area contributed by atoms with Crippen molar-refractivity contribution in [2.75, 3.05) is 7.11 Å². The number of carbonyl (C=O) groups is 1. The van der Waals surface area contributed by atoms with Gasteiger partial charge in [0.15, 0.2) is 5.82 Å². The molecule has 2 N–H and O–H groups in total. The Morgan fingerprint density at radius 1 is 1.33 bits per heavy atom. The summed E-state index contributed by atoms with van der Waals surface area (Å²) in [7, 11) is 1.60. The van der Waals surface area contributed by atoms with Crippen molar-refractivity contribution in [3.63, 3.8) is 0 Å². The molecule has 0 spiro atoms. The summed E-state index contributed by atoms with van der Waals surface area (Å²) in [6, 6.07) is 7.00.